The fraction of sp³-hybridized carbons (Fsp3) is 0.889. The van der Waals surface area contributed by atoms with Gasteiger partial charge in [-0.1, -0.05) is 0 Å². The Morgan fingerprint density at radius 2 is 1.85 bits per heavy atom. The minimum Gasteiger partial charge on any atom is -0.385 e. The van der Waals surface area contributed by atoms with Crippen LogP contribution in [0.4, 0.5) is 0 Å². The molecule has 4 nitrogen and oxygen atoms in total. The summed E-state index contributed by atoms with van der Waals surface area (Å²) in [4.78, 5) is 10.3. The number of hydrogen-bond donors (Lipinski definition) is 1. The van der Waals surface area contributed by atoms with Crippen molar-refractivity contribution >= 4 is 5.91 Å². The fourth-order valence-electron chi connectivity index (χ4n) is 0.902. The van der Waals surface area contributed by atoms with Gasteiger partial charge in [-0.2, -0.15) is 0 Å². The number of unbranched alkanes of at least 4 members (excludes halogenated alkanes) is 2. The molecule has 0 fully saturated rings. The molecule has 0 aromatic carbocycles. The Balaban J connectivity index is 2.87. The van der Waals surface area contributed by atoms with Crippen molar-refractivity contribution in [3.05, 3.63) is 0 Å². The van der Waals surface area contributed by atoms with Gasteiger partial charge >= 0.3 is 0 Å². The summed E-state index contributed by atoms with van der Waals surface area (Å²) in [7, 11) is 1.70. The van der Waals surface area contributed by atoms with Crippen molar-refractivity contribution in [3.8, 4) is 0 Å². The van der Waals surface area contributed by atoms with E-state index in [1.165, 1.54) is 0 Å². The number of carbonyl (C=O) groups excluding carboxylic acids is 1. The SMILES string of the molecule is COCCCCCOCCC(N)=O. The highest BCUT2D eigenvalue weighted by atomic mass is 16.5. The Hall–Kier alpha value is -0.610. The zero-order valence-corrected chi connectivity index (χ0v) is 8.25. The van der Waals surface area contributed by atoms with E-state index in [1.807, 2.05) is 0 Å². The van der Waals surface area contributed by atoms with E-state index in [4.69, 9.17) is 15.2 Å². The molecule has 0 saturated heterocycles. The topological polar surface area (TPSA) is 61.6 Å². The first-order valence-electron chi connectivity index (χ1n) is 4.62. The van der Waals surface area contributed by atoms with Crippen LogP contribution in [-0.4, -0.2) is 32.8 Å². The van der Waals surface area contributed by atoms with E-state index in [1.54, 1.807) is 7.11 Å². The molecule has 2 N–H and O–H groups in total. The van der Waals surface area contributed by atoms with Crippen molar-refractivity contribution in [2.45, 2.75) is 25.7 Å². The van der Waals surface area contributed by atoms with Gasteiger partial charge in [0.25, 0.3) is 0 Å². The average molecular weight is 189 g/mol. The first-order valence-corrected chi connectivity index (χ1v) is 4.62. The maximum atomic E-state index is 10.3. The van der Waals surface area contributed by atoms with E-state index in [2.05, 4.69) is 0 Å². The molecule has 0 aliphatic rings. The molecule has 0 aliphatic carbocycles. The summed E-state index contributed by atoms with van der Waals surface area (Å²) in [6.45, 7) is 1.96. The standard InChI is InChI=1S/C9H19NO3/c1-12-6-3-2-4-7-13-8-5-9(10)11/h2-8H2,1H3,(H2,10,11). The maximum absolute atomic E-state index is 10.3. The lowest BCUT2D eigenvalue weighted by Gasteiger charge is -2.02. The Labute approximate surface area is 79.4 Å². The maximum Gasteiger partial charge on any atom is 0.219 e. The van der Waals surface area contributed by atoms with Gasteiger partial charge in [0, 0.05) is 26.7 Å². The number of nitrogens with two attached hydrogens (primary N) is 1. The van der Waals surface area contributed by atoms with E-state index in [0.717, 1.165) is 25.9 Å². The average Bonchev–Trinajstić information content (AvgIpc) is 2.09. The molecule has 0 aromatic heterocycles. The summed E-state index contributed by atoms with van der Waals surface area (Å²) in [5.74, 6) is -0.306. The summed E-state index contributed by atoms with van der Waals surface area (Å²) in [6, 6.07) is 0. The van der Waals surface area contributed by atoms with Crippen LogP contribution in [0, 0.1) is 0 Å². The molecular weight excluding hydrogens is 170 g/mol. The first kappa shape index (κ1) is 12.4. The van der Waals surface area contributed by atoms with Gasteiger partial charge in [0.15, 0.2) is 0 Å². The van der Waals surface area contributed by atoms with Crippen LogP contribution in [0.15, 0.2) is 0 Å². The predicted molar refractivity (Wildman–Crippen MR) is 50.4 cm³/mol. The number of hydrogen-bond acceptors (Lipinski definition) is 3. The molecule has 1 amide bonds. The monoisotopic (exact) mass is 189 g/mol. The van der Waals surface area contributed by atoms with Crippen molar-refractivity contribution in [1.29, 1.82) is 0 Å². The summed E-state index contributed by atoms with van der Waals surface area (Å²) >= 11 is 0. The van der Waals surface area contributed by atoms with E-state index < -0.39 is 0 Å². The second-order valence-corrected chi connectivity index (χ2v) is 2.88. The highest BCUT2D eigenvalue weighted by Gasteiger charge is 1.94. The molecule has 0 spiro atoms. The summed E-state index contributed by atoms with van der Waals surface area (Å²) in [5.41, 5.74) is 4.94. The third-order valence-corrected chi connectivity index (χ3v) is 1.63. The van der Waals surface area contributed by atoms with Crippen LogP contribution < -0.4 is 5.73 Å². The van der Waals surface area contributed by atoms with Crippen LogP contribution in [0.2, 0.25) is 0 Å². The predicted octanol–water partition coefficient (Wildman–Crippen LogP) is 0.695. The zero-order valence-electron chi connectivity index (χ0n) is 8.25. The lowest BCUT2D eigenvalue weighted by atomic mass is 10.2. The minimum atomic E-state index is -0.306. The number of amides is 1. The third kappa shape index (κ3) is 11.4. The minimum absolute atomic E-state index is 0.306. The van der Waals surface area contributed by atoms with Crippen LogP contribution in [0.5, 0.6) is 0 Å². The molecule has 0 rings (SSSR count). The lowest BCUT2D eigenvalue weighted by Crippen LogP contribution is -2.13. The second-order valence-electron chi connectivity index (χ2n) is 2.88. The van der Waals surface area contributed by atoms with Gasteiger partial charge in [-0.3, -0.25) is 4.79 Å². The first-order chi connectivity index (χ1) is 6.27. The van der Waals surface area contributed by atoms with Crippen LogP contribution in [0.25, 0.3) is 0 Å². The van der Waals surface area contributed by atoms with E-state index in [0.29, 0.717) is 19.6 Å². The quantitative estimate of drug-likeness (QED) is 0.543. The van der Waals surface area contributed by atoms with Crippen molar-refractivity contribution in [1.82, 2.24) is 0 Å². The normalized spacial score (nSPS) is 10.2. The summed E-state index contributed by atoms with van der Waals surface area (Å²) in [6.07, 6.45) is 3.50. The molecular formula is C9H19NO3. The van der Waals surface area contributed by atoms with E-state index in [-0.39, 0.29) is 5.91 Å². The van der Waals surface area contributed by atoms with Crippen LogP contribution in [-0.2, 0) is 14.3 Å². The molecule has 0 aliphatic heterocycles. The summed E-state index contributed by atoms with van der Waals surface area (Å²) in [5, 5.41) is 0. The zero-order chi connectivity index (χ0) is 9.94. The Morgan fingerprint density at radius 1 is 1.15 bits per heavy atom. The molecule has 0 aromatic rings. The molecule has 78 valence electrons. The second kappa shape index (κ2) is 9.48. The number of ether oxygens (including phenoxy) is 2. The van der Waals surface area contributed by atoms with E-state index >= 15 is 0 Å². The van der Waals surface area contributed by atoms with Crippen LogP contribution in [0.3, 0.4) is 0 Å². The highest BCUT2D eigenvalue weighted by molar-refractivity contribution is 5.73. The number of carbonyl (C=O) groups is 1. The highest BCUT2D eigenvalue weighted by Crippen LogP contribution is 1.96. The van der Waals surface area contributed by atoms with Crippen molar-refractivity contribution in [2.75, 3.05) is 26.9 Å². The Bertz CT molecular complexity index is 128. The molecule has 0 bridgehead atoms. The van der Waals surface area contributed by atoms with Crippen molar-refractivity contribution in [3.63, 3.8) is 0 Å². The number of rotatable bonds is 9. The van der Waals surface area contributed by atoms with Gasteiger partial charge in [-0.15, -0.1) is 0 Å². The Morgan fingerprint density at radius 3 is 2.46 bits per heavy atom. The van der Waals surface area contributed by atoms with Gasteiger partial charge in [-0.05, 0) is 19.3 Å². The van der Waals surface area contributed by atoms with Gasteiger partial charge < -0.3 is 15.2 Å². The lowest BCUT2D eigenvalue weighted by molar-refractivity contribution is -0.119. The number of primary amides is 1. The number of methoxy groups -OCH3 is 1. The van der Waals surface area contributed by atoms with Gasteiger partial charge in [-0.25, -0.2) is 0 Å². The Kier molecular flexibility index (Phi) is 9.03. The van der Waals surface area contributed by atoms with Crippen LogP contribution >= 0.6 is 0 Å². The van der Waals surface area contributed by atoms with Crippen molar-refractivity contribution < 1.29 is 14.3 Å². The van der Waals surface area contributed by atoms with Gasteiger partial charge in [0.1, 0.15) is 0 Å². The fourth-order valence-corrected chi connectivity index (χ4v) is 0.902. The van der Waals surface area contributed by atoms with Gasteiger partial charge in [0.05, 0.1) is 6.61 Å². The smallest absolute Gasteiger partial charge is 0.219 e. The molecule has 0 heterocycles. The third-order valence-electron chi connectivity index (χ3n) is 1.63. The molecule has 4 heteroatoms. The molecule has 13 heavy (non-hydrogen) atoms. The summed E-state index contributed by atoms with van der Waals surface area (Å²) < 4.78 is 10.1. The largest absolute Gasteiger partial charge is 0.385 e. The molecule has 0 saturated carbocycles. The van der Waals surface area contributed by atoms with E-state index in [9.17, 15) is 4.79 Å². The molecule has 0 atom stereocenters. The van der Waals surface area contributed by atoms with Gasteiger partial charge in [0.2, 0.25) is 5.91 Å². The van der Waals surface area contributed by atoms with Crippen molar-refractivity contribution in [2.24, 2.45) is 5.73 Å². The molecule has 0 unspecified atom stereocenters. The molecule has 0 radical (unpaired) electrons. The van der Waals surface area contributed by atoms with Crippen LogP contribution in [0.1, 0.15) is 25.7 Å².